The molecule has 5 nitrogen and oxygen atoms in total. The fraction of sp³-hybridized carbons (Fsp3) is 0.818. The summed E-state index contributed by atoms with van der Waals surface area (Å²) >= 11 is 0. The lowest BCUT2D eigenvalue weighted by atomic mass is 10.2. The van der Waals surface area contributed by atoms with Crippen LogP contribution < -0.4 is 0 Å². The lowest BCUT2D eigenvalue weighted by Gasteiger charge is -2.03. The minimum Gasteiger partial charge on any atom is -0.469 e. The topological polar surface area (TPSA) is 61.8 Å². The second-order valence-electron chi connectivity index (χ2n) is 3.33. The van der Waals surface area contributed by atoms with Crippen LogP contribution >= 0.6 is 0 Å². The van der Waals surface area contributed by atoms with Gasteiger partial charge in [0.1, 0.15) is 0 Å². The van der Waals surface area contributed by atoms with Crippen LogP contribution in [0.15, 0.2) is 0 Å². The Morgan fingerprint density at radius 2 is 1.44 bits per heavy atom. The largest absolute Gasteiger partial charge is 0.469 e. The molecule has 16 heavy (non-hydrogen) atoms. The molecular formula is C11H20O5. The second kappa shape index (κ2) is 10.4. The second-order valence-corrected chi connectivity index (χ2v) is 3.33. The predicted octanol–water partition coefficient (Wildman–Crippen LogP) is 1.30. The summed E-state index contributed by atoms with van der Waals surface area (Å²) in [6.45, 7) is 1.00. The third kappa shape index (κ3) is 9.45. The summed E-state index contributed by atoms with van der Waals surface area (Å²) in [5, 5.41) is 0. The standard InChI is InChI=1S/C11H20O5/c1-14-10(12)6-4-3-5-8-16-9-7-11(13)15-2/h3-9H2,1-2H3. The summed E-state index contributed by atoms with van der Waals surface area (Å²) in [6, 6.07) is 0. The van der Waals surface area contributed by atoms with E-state index in [1.807, 2.05) is 0 Å². The van der Waals surface area contributed by atoms with Gasteiger partial charge >= 0.3 is 11.9 Å². The number of rotatable bonds is 9. The minimum absolute atomic E-state index is 0.174. The summed E-state index contributed by atoms with van der Waals surface area (Å²) < 4.78 is 14.2. The SMILES string of the molecule is COC(=O)CCCCCOCCC(=O)OC. The van der Waals surface area contributed by atoms with E-state index in [0.29, 0.717) is 26.1 Å². The Hall–Kier alpha value is -1.10. The molecule has 0 amide bonds. The van der Waals surface area contributed by atoms with Crippen LogP contribution in [-0.2, 0) is 23.8 Å². The molecule has 0 bridgehead atoms. The number of carbonyl (C=O) groups is 2. The molecule has 0 rings (SSSR count). The summed E-state index contributed by atoms with van der Waals surface area (Å²) in [7, 11) is 2.74. The van der Waals surface area contributed by atoms with Crippen molar-refractivity contribution in [3.63, 3.8) is 0 Å². The van der Waals surface area contributed by atoms with Crippen LogP contribution in [0.25, 0.3) is 0 Å². The number of hydrogen-bond donors (Lipinski definition) is 0. The Kier molecular flexibility index (Phi) is 9.70. The molecule has 0 aromatic rings. The maximum atomic E-state index is 10.8. The monoisotopic (exact) mass is 232 g/mol. The fourth-order valence-electron chi connectivity index (χ4n) is 1.11. The van der Waals surface area contributed by atoms with E-state index in [9.17, 15) is 9.59 Å². The number of carbonyl (C=O) groups excluding carboxylic acids is 2. The average Bonchev–Trinajstić information content (AvgIpc) is 2.31. The van der Waals surface area contributed by atoms with Crippen molar-refractivity contribution < 1.29 is 23.8 Å². The fourth-order valence-corrected chi connectivity index (χ4v) is 1.11. The molecule has 0 spiro atoms. The van der Waals surface area contributed by atoms with Crippen molar-refractivity contribution in [2.24, 2.45) is 0 Å². The van der Waals surface area contributed by atoms with Gasteiger partial charge in [-0.1, -0.05) is 6.42 Å². The molecule has 94 valence electrons. The maximum Gasteiger partial charge on any atom is 0.307 e. The van der Waals surface area contributed by atoms with Crippen LogP contribution in [-0.4, -0.2) is 39.4 Å². The van der Waals surface area contributed by atoms with Gasteiger partial charge in [-0.25, -0.2) is 0 Å². The summed E-state index contributed by atoms with van der Waals surface area (Å²) in [4.78, 5) is 21.5. The highest BCUT2D eigenvalue weighted by atomic mass is 16.5. The Bertz CT molecular complexity index is 181. The smallest absolute Gasteiger partial charge is 0.307 e. The molecule has 0 heterocycles. The Balaban J connectivity index is 3.10. The first-order chi connectivity index (χ1) is 7.70. The molecule has 0 radical (unpaired) electrons. The molecule has 0 saturated heterocycles. The van der Waals surface area contributed by atoms with Crippen molar-refractivity contribution in [3.8, 4) is 0 Å². The molecule has 0 unspecified atom stereocenters. The van der Waals surface area contributed by atoms with Gasteiger partial charge in [-0.2, -0.15) is 0 Å². The van der Waals surface area contributed by atoms with E-state index < -0.39 is 0 Å². The molecule has 0 aliphatic rings. The number of esters is 2. The van der Waals surface area contributed by atoms with Crippen molar-refractivity contribution in [2.45, 2.75) is 32.1 Å². The van der Waals surface area contributed by atoms with Gasteiger partial charge in [-0.05, 0) is 12.8 Å². The molecular weight excluding hydrogens is 212 g/mol. The van der Waals surface area contributed by atoms with E-state index in [1.165, 1.54) is 14.2 Å². The molecule has 0 N–H and O–H groups in total. The lowest BCUT2D eigenvalue weighted by molar-refractivity contribution is -0.142. The van der Waals surface area contributed by atoms with Crippen LogP contribution in [0.5, 0.6) is 0 Å². The van der Waals surface area contributed by atoms with Gasteiger partial charge < -0.3 is 14.2 Å². The molecule has 5 heteroatoms. The highest BCUT2D eigenvalue weighted by Gasteiger charge is 2.00. The molecule has 0 aliphatic heterocycles. The van der Waals surface area contributed by atoms with Gasteiger partial charge in [0, 0.05) is 13.0 Å². The van der Waals surface area contributed by atoms with E-state index in [4.69, 9.17) is 4.74 Å². The predicted molar refractivity (Wildman–Crippen MR) is 57.9 cm³/mol. The van der Waals surface area contributed by atoms with Crippen LogP contribution in [0.2, 0.25) is 0 Å². The normalized spacial score (nSPS) is 9.88. The van der Waals surface area contributed by atoms with Gasteiger partial charge in [0.2, 0.25) is 0 Å². The van der Waals surface area contributed by atoms with Crippen molar-refractivity contribution in [1.82, 2.24) is 0 Å². The van der Waals surface area contributed by atoms with Crippen LogP contribution in [0.1, 0.15) is 32.1 Å². The first kappa shape index (κ1) is 14.9. The Labute approximate surface area is 96.1 Å². The van der Waals surface area contributed by atoms with Gasteiger partial charge in [0.15, 0.2) is 0 Å². The molecule has 0 saturated carbocycles. The molecule has 0 aromatic heterocycles. The van der Waals surface area contributed by atoms with E-state index in [1.54, 1.807) is 0 Å². The minimum atomic E-state index is -0.259. The first-order valence-electron chi connectivity index (χ1n) is 5.42. The molecule has 0 aromatic carbocycles. The van der Waals surface area contributed by atoms with Gasteiger partial charge in [-0.3, -0.25) is 9.59 Å². The van der Waals surface area contributed by atoms with E-state index in [2.05, 4.69) is 9.47 Å². The highest BCUT2D eigenvalue weighted by Crippen LogP contribution is 2.01. The molecule has 0 aliphatic carbocycles. The zero-order valence-electron chi connectivity index (χ0n) is 9.99. The summed E-state index contributed by atoms with van der Waals surface area (Å²) in [5.74, 6) is -0.433. The van der Waals surface area contributed by atoms with Crippen molar-refractivity contribution in [3.05, 3.63) is 0 Å². The average molecular weight is 232 g/mol. The highest BCUT2D eigenvalue weighted by molar-refractivity contribution is 5.69. The summed E-state index contributed by atoms with van der Waals surface area (Å²) in [5.41, 5.74) is 0. The van der Waals surface area contributed by atoms with Crippen LogP contribution in [0.3, 0.4) is 0 Å². The third-order valence-corrected chi connectivity index (χ3v) is 2.08. The van der Waals surface area contributed by atoms with Crippen molar-refractivity contribution in [2.75, 3.05) is 27.4 Å². The Morgan fingerprint density at radius 3 is 2.06 bits per heavy atom. The summed E-state index contributed by atoms with van der Waals surface area (Å²) in [6.07, 6.45) is 3.37. The zero-order chi connectivity index (χ0) is 12.2. The first-order valence-corrected chi connectivity index (χ1v) is 5.42. The third-order valence-electron chi connectivity index (χ3n) is 2.08. The molecule has 0 fully saturated rings. The van der Waals surface area contributed by atoms with E-state index >= 15 is 0 Å². The van der Waals surface area contributed by atoms with Crippen LogP contribution in [0.4, 0.5) is 0 Å². The van der Waals surface area contributed by atoms with Gasteiger partial charge in [0.05, 0.1) is 27.2 Å². The zero-order valence-corrected chi connectivity index (χ0v) is 9.99. The number of methoxy groups -OCH3 is 2. The van der Waals surface area contributed by atoms with Crippen LogP contribution in [0, 0.1) is 0 Å². The molecule has 0 atom stereocenters. The van der Waals surface area contributed by atoms with Crippen molar-refractivity contribution >= 4 is 11.9 Å². The lowest BCUT2D eigenvalue weighted by Crippen LogP contribution is -2.06. The van der Waals surface area contributed by atoms with Crippen molar-refractivity contribution in [1.29, 1.82) is 0 Å². The van der Waals surface area contributed by atoms with E-state index in [-0.39, 0.29) is 11.9 Å². The Morgan fingerprint density at radius 1 is 0.812 bits per heavy atom. The quantitative estimate of drug-likeness (QED) is 0.443. The number of ether oxygens (including phenoxy) is 3. The number of hydrogen-bond acceptors (Lipinski definition) is 5. The maximum absolute atomic E-state index is 10.8. The number of unbranched alkanes of at least 4 members (excludes halogenated alkanes) is 2. The van der Waals surface area contributed by atoms with E-state index in [0.717, 1.165) is 19.3 Å². The van der Waals surface area contributed by atoms with Gasteiger partial charge in [-0.15, -0.1) is 0 Å². The van der Waals surface area contributed by atoms with Gasteiger partial charge in [0.25, 0.3) is 0 Å².